The monoisotopic (exact) mass is 759 g/mol. The summed E-state index contributed by atoms with van der Waals surface area (Å²) in [6.07, 6.45) is 3.27. The summed E-state index contributed by atoms with van der Waals surface area (Å²) in [6.45, 7) is 11.8. The van der Waals surface area contributed by atoms with Gasteiger partial charge in [0.2, 0.25) is 0 Å². The molecule has 1 saturated carbocycles. The van der Waals surface area contributed by atoms with Crippen LogP contribution in [-0.2, 0) is 38.6 Å². The molecule has 1 aliphatic carbocycles. The Hall–Kier alpha value is -4.54. The van der Waals surface area contributed by atoms with Crippen molar-refractivity contribution in [3.05, 3.63) is 131 Å². The third-order valence-electron chi connectivity index (χ3n) is 12.1. The highest BCUT2D eigenvalue weighted by Crippen LogP contribution is 2.53. The molecule has 0 radical (unpaired) electrons. The van der Waals surface area contributed by atoms with Crippen molar-refractivity contribution in [2.24, 2.45) is 16.7 Å². The Morgan fingerprint density at radius 2 is 1.57 bits per heavy atom. The first-order chi connectivity index (χ1) is 26.9. The van der Waals surface area contributed by atoms with E-state index in [1.54, 1.807) is 0 Å². The fourth-order valence-corrected chi connectivity index (χ4v) is 9.70. The van der Waals surface area contributed by atoms with Crippen LogP contribution in [0.5, 0.6) is 0 Å². The van der Waals surface area contributed by atoms with Crippen molar-refractivity contribution in [1.82, 2.24) is 15.5 Å². The fourth-order valence-electron chi connectivity index (χ4n) is 9.70. The summed E-state index contributed by atoms with van der Waals surface area (Å²) < 4.78 is 18.7. The zero-order chi connectivity index (χ0) is 39.5. The zero-order valence-corrected chi connectivity index (χ0v) is 33.4. The molecular formula is C47H57N3O6. The van der Waals surface area contributed by atoms with Gasteiger partial charge in [0, 0.05) is 43.6 Å². The number of likely N-dealkylation sites (tertiary alicyclic amines) is 1. The molecule has 3 aliphatic rings. The van der Waals surface area contributed by atoms with Crippen LogP contribution >= 0.6 is 0 Å². The number of methoxy groups -OCH3 is 1. The topological polar surface area (TPSA) is 109 Å². The summed E-state index contributed by atoms with van der Waals surface area (Å²) in [4.78, 5) is 28.3. The van der Waals surface area contributed by atoms with Gasteiger partial charge in [-0.25, -0.2) is 9.59 Å². The first-order valence-electron chi connectivity index (χ1n) is 20.0. The molecule has 2 amide bonds. The van der Waals surface area contributed by atoms with Gasteiger partial charge < -0.3 is 30.0 Å². The molecule has 4 aromatic carbocycles. The molecule has 9 heteroatoms. The number of benzene rings is 4. The summed E-state index contributed by atoms with van der Waals surface area (Å²) in [5, 5.41) is 15.4. The van der Waals surface area contributed by atoms with Crippen LogP contribution in [-0.4, -0.2) is 60.4 Å². The lowest BCUT2D eigenvalue weighted by molar-refractivity contribution is -0.276. The van der Waals surface area contributed by atoms with Crippen molar-refractivity contribution in [1.29, 1.82) is 0 Å². The molecule has 0 spiro atoms. The molecule has 7 rings (SSSR count). The second kappa shape index (κ2) is 16.9. The molecule has 3 fully saturated rings. The SMILES string of the molecule is COC(=O)[C@H](Cc1ccccc1)NC(=O)NCc1ccccc1-c1ccc([C@@H]2O[C@H](CN3CC4(C)CC3CC(C)(C)C4)[C@H](C)[C@H](c3ccc(CO)cc3)O2)cc1. The van der Waals surface area contributed by atoms with Gasteiger partial charge in [0.05, 0.1) is 25.9 Å². The molecule has 0 aromatic heterocycles. The summed E-state index contributed by atoms with van der Waals surface area (Å²) in [5.74, 6) is -0.386. The van der Waals surface area contributed by atoms with Crippen LogP contribution in [0.3, 0.4) is 0 Å². The Kier molecular flexibility index (Phi) is 12.0. The van der Waals surface area contributed by atoms with E-state index in [-0.39, 0.29) is 31.3 Å². The number of nitrogens with zero attached hydrogens (tertiary/aromatic N) is 1. The van der Waals surface area contributed by atoms with E-state index in [1.807, 2.05) is 66.7 Å². The highest BCUT2D eigenvalue weighted by Gasteiger charge is 2.51. The van der Waals surface area contributed by atoms with Crippen LogP contribution < -0.4 is 10.6 Å². The lowest BCUT2D eigenvalue weighted by atomic mass is 9.65. The van der Waals surface area contributed by atoms with E-state index in [2.05, 4.69) is 79.6 Å². The maximum atomic E-state index is 13.1. The van der Waals surface area contributed by atoms with E-state index >= 15 is 0 Å². The van der Waals surface area contributed by atoms with Gasteiger partial charge in [0.1, 0.15) is 6.04 Å². The number of hydrogen-bond donors (Lipinski definition) is 3. The fraction of sp³-hybridized carbons (Fsp3) is 0.447. The molecule has 9 nitrogen and oxygen atoms in total. The lowest BCUT2D eigenvalue weighted by Crippen LogP contribution is -2.47. The summed E-state index contributed by atoms with van der Waals surface area (Å²) in [6, 6.07) is 33.2. The Bertz CT molecular complexity index is 1950. The molecular weight excluding hydrogens is 703 g/mol. The molecule has 56 heavy (non-hydrogen) atoms. The van der Waals surface area contributed by atoms with E-state index < -0.39 is 24.3 Å². The third-order valence-corrected chi connectivity index (χ3v) is 12.1. The Labute approximate surface area is 331 Å². The second-order valence-corrected chi connectivity index (χ2v) is 17.3. The van der Waals surface area contributed by atoms with Crippen LogP contribution in [0.2, 0.25) is 0 Å². The van der Waals surface area contributed by atoms with Gasteiger partial charge in [-0.05, 0) is 63.5 Å². The van der Waals surface area contributed by atoms with Gasteiger partial charge in [0.25, 0.3) is 0 Å². The van der Waals surface area contributed by atoms with Gasteiger partial charge in [-0.2, -0.15) is 0 Å². The summed E-state index contributed by atoms with van der Waals surface area (Å²) >= 11 is 0. The minimum atomic E-state index is -0.818. The minimum absolute atomic E-state index is 0.00450. The van der Waals surface area contributed by atoms with E-state index in [4.69, 9.17) is 14.2 Å². The van der Waals surface area contributed by atoms with E-state index in [0.29, 0.717) is 23.3 Å². The van der Waals surface area contributed by atoms with Gasteiger partial charge in [-0.1, -0.05) is 131 Å². The highest BCUT2D eigenvalue weighted by molar-refractivity contribution is 5.84. The average molecular weight is 760 g/mol. The van der Waals surface area contributed by atoms with Crippen LogP contribution in [0.4, 0.5) is 4.79 Å². The van der Waals surface area contributed by atoms with Crippen LogP contribution in [0.25, 0.3) is 11.1 Å². The lowest BCUT2D eigenvalue weighted by Gasteiger charge is -2.43. The van der Waals surface area contributed by atoms with Crippen molar-refractivity contribution in [2.75, 3.05) is 20.2 Å². The number of esters is 1. The smallest absolute Gasteiger partial charge is 0.328 e. The van der Waals surface area contributed by atoms with E-state index in [1.165, 1.54) is 26.4 Å². The minimum Gasteiger partial charge on any atom is -0.467 e. The van der Waals surface area contributed by atoms with Crippen molar-refractivity contribution in [3.63, 3.8) is 0 Å². The van der Waals surface area contributed by atoms with Gasteiger partial charge in [0.15, 0.2) is 6.29 Å². The maximum absolute atomic E-state index is 13.1. The van der Waals surface area contributed by atoms with Crippen molar-refractivity contribution < 1.29 is 28.9 Å². The predicted molar refractivity (Wildman–Crippen MR) is 217 cm³/mol. The number of carbonyl (C=O) groups excluding carboxylic acids is 2. The molecule has 4 aromatic rings. The van der Waals surface area contributed by atoms with E-state index in [9.17, 15) is 14.7 Å². The molecule has 296 valence electrons. The first kappa shape index (κ1) is 39.7. The standard InChI is InChI=1S/C47H57N3O6/c1-31-41(27-50-30-47(4)25-38(50)24-46(2,3)29-47)55-44(56-42(31)35-17-15-33(28-51)16-18-35)36-21-19-34(20-22-36)39-14-10-9-13-37(39)26-48-45(53)49-40(43(52)54-5)23-32-11-7-6-8-12-32/h6-22,31,38,40-42,44,51H,23-30H2,1-5H3,(H2,48,49,53)/t31-,38?,40-,41+,42+,44+,47?/m0/s1. The average Bonchev–Trinajstić information content (AvgIpc) is 3.44. The van der Waals surface area contributed by atoms with Gasteiger partial charge in [-0.3, -0.25) is 4.90 Å². The number of fused-ring (bicyclic) bond motifs is 2. The number of hydrogen-bond acceptors (Lipinski definition) is 7. The first-order valence-corrected chi connectivity index (χ1v) is 20.0. The van der Waals surface area contributed by atoms with Gasteiger partial charge in [-0.15, -0.1) is 0 Å². The Morgan fingerprint density at radius 1 is 0.875 bits per heavy atom. The molecule has 2 aliphatic heterocycles. The quantitative estimate of drug-likeness (QED) is 0.125. The van der Waals surface area contributed by atoms with E-state index in [0.717, 1.165) is 52.0 Å². The normalized spacial score (nSPS) is 26.3. The molecule has 2 heterocycles. The summed E-state index contributed by atoms with van der Waals surface area (Å²) in [5.41, 5.74) is 7.42. The largest absolute Gasteiger partial charge is 0.467 e. The number of carbonyl (C=O) groups is 2. The number of nitrogens with one attached hydrogen (secondary N) is 2. The van der Waals surface area contributed by atoms with Crippen LogP contribution in [0.1, 0.15) is 87.2 Å². The summed E-state index contributed by atoms with van der Waals surface area (Å²) in [7, 11) is 1.32. The number of ether oxygens (including phenoxy) is 3. The van der Waals surface area contributed by atoms with Gasteiger partial charge >= 0.3 is 12.0 Å². The number of aliphatic hydroxyl groups excluding tert-OH is 1. The second-order valence-electron chi connectivity index (χ2n) is 17.3. The van der Waals surface area contributed by atoms with Crippen LogP contribution in [0, 0.1) is 16.7 Å². The van der Waals surface area contributed by atoms with Crippen LogP contribution in [0.15, 0.2) is 103 Å². The number of amides is 2. The maximum Gasteiger partial charge on any atom is 0.328 e. The van der Waals surface area contributed by atoms with Crippen molar-refractivity contribution >= 4 is 12.0 Å². The Balaban J connectivity index is 1.06. The number of urea groups is 1. The van der Waals surface area contributed by atoms with Crippen molar-refractivity contribution in [3.8, 4) is 11.1 Å². The number of rotatable bonds is 12. The molecule has 7 atom stereocenters. The number of aliphatic hydroxyl groups is 1. The molecule has 3 N–H and O–H groups in total. The molecule has 2 unspecified atom stereocenters. The predicted octanol–water partition coefficient (Wildman–Crippen LogP) is 8.12. The highest BCUT2D eigenvalue weighted by atomic mass is 16.7. The molecule has 2 bridgehead atoms. The molecule has 2 saturated heterocycles. The Morgan fingerprint density at radius 3 is 2.29 bits per heavy atom. The van der Waals surface area contributed by atoms with Crippen molar-refractivity contribution in [2.45, 2.75) is 97.1 Å². The zero-order valence-electron chi connectivity index (χ0n) is 33.4. The third kappa shape index (κ3) is 9.18.